The van der Waals surface area contributed by atoms with Gasteiger partial charge in [0.05, 0.1) is 24.4 Å². The van der Waals surface area contributed by atoms with Gasteiger partial charge in [0.25, 0.3) is 5.91 Å². The van der Waals surface area contributed by atoms with E-state index in [2.05, 4.69) is 10.6 Å². The van der Waals surface area contributed by atoms with Crippen molar-refractivity contribution >= 4 is 29.1 Å². The summed E-state index contributed by atoms with van der Waals surface area (Å²) in [6.07, 6.45) is 0.252. The molecule has 1 aliphatic rings. The van der Waals surface area contributed by atoms with Gasteiger partial charge < -0.3 is 30.5 Å². The van der Waals surface area contributed by atoms with E-state index in [1.165, 1.54) is 11.0 Å². The van der Waals surface area contributed by atoms with Gasteiger partial charge in [-0.3, -0.25) is 14.4 Å². The van der Waals surface area contributed by atoms with Gasteiger partial charge in [-0.1, -0.05) is 6.92 Å². The van der Waals surface area contributed by atoms with Crippen LogP contribution in [0.1, 0.15) is 13.3 Å². The molecule has 9 nitrogen and oxygen atoms in total. The van der Waals surface area contributed by atoms with Crippen molar-refractivity contribution in [1.29, 1.82) is 0 Å². The summed E-state index contributed by atoms with van der Waals surface area (Å²) < 4.78 is 5.28. The summed E-state index contributed by atoms with van der Waals surface area (Å²) in [6, 6.07) is 4.64. The predicted molar refractivity (Wildman–Crippen MR) is 89.3 cm³/mol. The van der Waals surface area contributed by atoms with Gasteiger partial charge in [-0.15, -0.1) is 0 Å². The fraction of sp³-hybridized carbons (Fsp3) is 0.438. The second kappa shape index (κ2) is 7.49. The molecule has 2 rings (SSSR count). The molecular formula is C16H21N3O6. The van der Waals surface area contributed by atoms with Gasteiger partial charge >= 0.3 is 11.8 Å². The van der Waals surface area contributed by atoms with Crippen LogP contribution < -0.4 is 20.3 Å². The highest BCUT2D eigenvalue weighted by Crippen LogP contribution is 2.33. The first kappa shape index (κ1) is 18.7. The molecule has 4 N–H and O–H groups in total. The molecule has 0 spiro atoms. The number of aliphatic hydroxyl groups is 2. The lowest BCUT2D eigenvalue weighted by Crippen LogP contribution is -2.56. The van der Waals surface area contributed by atoms with Gasteiger partial charge in [-0.2, -0.15) is 0 Å². The second-order valence-corrected chi connectivity index (χ2v) is 5.78. The van der Waals surface area contributed by atoms with Crippen LogP contribution in [0.3, 0.4) is 0 Å². The Balaban J connectivity index is 2.10. The normalized spacial score (nSPS) is 13.8. The number of carbonyl (C=O) groups is 3. The molecule has 3 amide bonds. The van der Waals surface area contributed by atoms with Gasteiger partial charge in [0.2, 0.25) is 0 Å². The van der Waals surface area contributed by atoms with E-state index < -0.39 is 30.6 Å². The molecule has 1 aromatic rings. The molecule has 0 atom stereocenters. The highest BCUT2D eigenvalue weighted by molar-refractivity contribution is 6.39. The first-order chi connectivity index (χ1) is 11.9. The van der Waals surface area contributed by atoms with Gasteiger partial charge in [-0.05, 0) is 24.6 Å². The topological polar surface area (TPSA) is 128 Å². The number of fused-ring (bicyclic) bond motifs is 1. The number of amides is 3. The smallest absolute Gasteiger partial charge is 0.313 e. The van der Waals surface area contributed by atoms with E-state index in [0.29, 0.717) is 17.1 Å². The van der Waals surface area contributed by atoms with Crippen LogP contribution >= 0.6 is 0 Å². The molecule has 0 unspecified atom stereocenters. The molecule has 0 bridgehead atoms. The van der Waals surface area contributed by atoms with Crippen LogP contribution in [0, 0.1) is 0 Å². The van der Waals surface area contributed by atoms with Crippen molar-refractivity contribution in [3.05, 3.63) is 18.2 Å². The van der Waals surface area contributed by atoms with Crippen molar-refractivity contribution in [1.82, 2.24) is 5.32 Å². The van der Waals surface area contributed by atoms with E-state index in [-0.39, 0.29) is 18.9 Å². The zero-order valence-electron chi connectivity index (χ0n) is 14.0. The first-order valence-electron chi connectivity index (χ1n) is 7.74. The van der Waals surface area contributed by atoms with Crippen molar-refractivity contribution in [2.45, 2.75) is 18.9 Å². The Morgan fingerprint density at radius 2 is 1.96 bits per heavy atom. The molecule has 1 aliphatic heterocycles. The first-order valence-corrected chi connectivity index (χ1v) is 7.74. The number of anilines is 2. The molecule has 136 valence electrons. The fourth-order valence-corrected chi connectivity index (χ4v) is 2.28. The maximum absolute atomic E-state index is 12.1. The van der Waals surface area contributed by atoms with Crippen LogP contribution in [0.4, 0.5) is 11.4 Å². The summed E-state index contributed by atoms with van der Waals surface area (Å²) in [5.74, 6) is -1.67. The summed E-state index contributed by atoms with van der Waals surface area (Å²) >= 11 is 0. The quantitative estimate of drug-likeness (QED) is 0.516. The lowest BCUT2D eigenvalue weighted by Gasteiger charge is -2.29. The number of ether oxygens (including phenoxy) is 1. The summed E-state index contributed by atoms with van der Waals surface area (Å²) in [7, 11) is 1.58. The minimum absolute atomic E-state index is 0.0565. The van der Waals surface area contributed by atoms with Crippen molar-refractivity contribution in [3.8, 4) is 5.75 Å². The number of aliphatic hydroxyl groups excluding tert-OH is 2. The highest BCUT2D eigenvalue weighted by atomic mass is 16.5. The van der Waals surface area contributed by atoms with Gasteiger partial charge in [-0.25, -0.2) is 0 Å². The Kier molecular flexibility index (Phi) is 5.60. The number of benzene rings is 1. The third-order valence-corrected chi connectivity index (χ3v) is 4.17. The average Bonchev–Trinajstić information content (AvgIpc) is 2.63. The average molecular weight is 351 g/mol. The minimum atomic E-state index is -1.26. The van der Waals surface area contributed by atoms with Gasteiger partial charge in [0, 0.05) is 12.7 Å². The summed E-state index contributed by atoms with van der Waals surface area (Å²) in [6.45, 7) is 0.615. The van der Waals surface area contributed by atoms with Crippen LogP contribution in [0.2, 0.25) is 0 Å². The molecular weight excluding hydrogens is 330 g/mol. The Morgan fingerprint density at radius 1 is 1.28 bits per heavy atom. The summed E-state index contributed by atoms with van der Waals surface area (Å²) in [5, 5.41) is 23.4. The lowest BCUT2D eigenvalue weighted by molar-refractivity contribution is -0.138. The molecule has 0 aromatic heterocycles. The van der Waals surface area contributed by atoms with E-state index >= 15 is 0 Å². The fourth-order valence-electron chi connectivity index (χ4n) is 2.28. The molecule has 0 saturated heterocycles. The monoisotopic (exact) mass is 351 g/mol. The standard InChI is InChI=1S/C16H21N3O6/c1-3-16(8-20,9-21)18-15(24)14(23)17-10-4-5-12-11(6-10)19(2)13(22)7-25-12/h4-6,20-21H,3,7-9H2,1-2H3,(H,17,23)(H,18,24). The number of hydrogen-bond donors (Lipinski definition) is 4. The molecule has 9 heteroatoms. The van der Waals surface area contributed by atoms with Crippen molar-refractivity contribution < 1.29 is 29.3 Å². The van der Waals surface area contributed by atoms with E-state index in [1.807, 2.05) is 0 Å². The number of nitrogens with zero attached hydrogens (tertiary/aromatic N) is 1. The Morgan fingerprint density at radius 3 is 2.56 bits per heavy atom. The summed E-state index contributed by atoms with van der Waals surface area (Å²) in [4.78, 5) is 37.1. The molecule has 0 fully saturated rings. The number of nitrogens with one attached hydrogen (secondary N) is 2. The number of hydrogen-bond acceptors (Lipinski definition) is 6. The largest absolute Gasteiger partial charge is 0.482 e. The van der Waals surface area contributed by atoms with E-state index in [9.17, 15) is 24.6 Å². The minimum Gasteiger partial charge on any atom is -0.482 e. The Bertz CT molecular complexity index is 678. The zero-order chi connectivity index (χ0) is 18.6. The van der Waals surface area contributed by atoms with Crippen molar-refractivity contribution in [2.24, 2.45) is 0 Å². The second-order valence-electron chi connectivity index (χ2n) is 5.78. The van der Waals surface area contributed by atoms with E-state index in [4.69, 9.17) is 4.74 Å². The van der Waals surface area contributed by atoms with E-state index in [0.717, 1.165) is 0 Å². The molecule has 1 aromatic carbocycles. The third kappa shape index (κ3) is 3.89. The van der Waals surface area contributed by atoms with Crippen LogP contribution in [0.25, 0.3) is 0 Å². The maximum Gasteiger partial charge on any atom is 0.313 e. The van der Waals surface area contributed by atoms with Crippen LogP contribution in [0.5, 0.6) is 5.75 Å². The van der Waals surface area contributed by atoms with Gasteiger partial charge in [0.15, 0.2) is 6.61 Å². The SMILES string of the molecule is CCC(CO)(CO)NC(=O)C(=O)Nc1ccc2c(c1)N(C)C(=O)CO2. The Labute approximate surface area is 144 Å². The summed E-state index contributed by atoms with van der Waals surface area (Å²) in [5.41, 5.74) is -0.479. The van der Waals surface area contributed by atoms with Crippen LogP contribution in [-0.2, 0) is 14.4 Å². The maximum atomic E-state index is 12.1. The molecule has 0 aliphatic carbocycles. The van der Waals surface area contributed by atoms with Gasteiger partial charge in [0.1, 0.15) is 5.75 Å². The van der Waals surface area contributed by atoms with Crippen molar-refractivity contribution in [2.75, 3.05) is 37.1 Å². The molecule has 0 saturated carbocycles. The number of rotatable bonds is 5. The van der Waals surface area contributed by atoms with Crippen molar-refractivity contribution in [3.63, 3.8) is 0 Å². The van der Waals surface area contributed by atoms with E-state index in [1.54, 1.807) is 26.1 Å². The number of carbonyl (C=O) groups excluding carboxylic acids is 3. The zero-order valence-corrected chi connectivity index (χ0v) is 14.0. The predicted octanol–water partition coefficient (Wildman–Crippen LogP) is -0.770. The highest BCUT2D eigenvalue weighted by Gasteiger charge is 2.31. The third-order valence-electron chi connectivity index (χ3n) is 4.17. The van der Waals surface area contributed by atoms with Crippen LogP contribution in [-0.4, -0.2) is 60.3 Å². The molecule has 0 radical (unpaired) electrons. The number of likely N-dealkylation sites (N-methyl/N-ethyl adjacent to an activating group) is 1. The molecule has 25 heavy (non-hydrogen) atoms. The van der Waals surface area contributed by atoms with Crippen LogP contribution in [0.15, 0.2) is 18.2 Å². The Hall–Kier alpha value is -2.65. The molecule has 1 heterocycles. The lowest BCUT2D eigenvalue weighted by atomic mass is 9.98.